The monoisotopic (exact) mass is 310 g/mol. The van der Waals surface area contributed by atoms with E-state index >= 15 is 0 Å². The molecular weight excluding hydrogens is 296 g/mol. The third kappa shape index (κ3) is 3.55. The van der Waals surface area contributed by atoms with Gasteiger partial charge in [-0.05, 0) is 41.5 Å². The van der Waals surface area contributed by atoms with Crippen LogP contribution >= 0.6 is 0 Å². The second kappa shape index (κ2) is 6.31. The van der Waals surface area contributed by atoms with E-state index in [0.717, 1.165) is 23.3 Å². The molecule has 0 unspecified atom stereocenters. The van der Waals surface area contributed by atoms with Crippen LogP contribution in [0.1, 0.15) is 11.1 Å². The summed E-state index contributed by atoms with van der Waals surface area (Å²) >= 11 is 0. The highest BCUT2D eigenvalue weighted by Gasteiger charge is 2.11. The fourth-order valence-corrected chi connectivity index (χ4v) is 2.33. The largest absolute Gasteiger partial charge is 0.493 e. The lowest BCUT2D eigenvalue weighted by molar-refractivity contribution is -0.384. The van der Waals surface area contributed by atoms with Gasteiger partial charge in [0.15, 0.2) is 0 Å². The molecule has 0 spiro atoms. The molecule has 0 bridgehead atoms. The number of amides is 1. The topological polar surface area (TPSA) is 81.5 Å². The number of carbonyl (C=O) groups is 1. The Balaban J connectivity index is 1.63. The van der Waals surface area contributed by atoms with Crippen LogP contribution in [0.2, 0.25) is 0 Å². The van der Waals surface area contributed by atoms with Gasteiger partial charge in [0.05, 0.1) is 11.5 Å². The number of nitro groups is 1. The lowest BCUT2D eigenvalue weighted by Crippen LogP contribution is -2.07. The maximum atomic E-state index is 11.9. The number of nitrogens with one attached hydrogen (secondary N) is 1. The van der Waals surface area contributed by atoms with Crippen molar-refractivity contribution in [1.82, 2.24) is 0 Å². The molecule has 2 aromatic rings. The summed E-state index contributed by atoms with van der Waals surface area (Å²) in [5.74, 6) is 0.605. The number of carbonyl (C=O) groups excluding carboxylic acids is 1. The van der Waals surface area contributed by atoms with Gasteiger partial charge in [0.1, 0.15) is 5.75 Å². The highest BCUT2D eigenvalue weighted by molar-refractivity contribution is 6.02. The molecular formula is C17H14N2O4. The molecule has 116 valence electrons. The van der Waals surface area contributed by atoms with Crippen LogP contribution in [0, 0.1) is 10.1 Å². The van der Waals surface area contributed by atoms with Crippen molar-refractivity contribution in [3.63, 3.8) is 0 Å². The Labute approximate surface area is 132 Å². The van der Waals surface area contributed by atoms with E-state index in [9.17, 15) is 14.9 Å². The molecule has 0 fully saturated rings. The summed E-state index contributed by atoms with van der Waals surface area (Å²) in [6.07, 6.45) is 4.03. The Morgan fingerprint density at radius 1 is 1.22 bits per heavy atom. The molecule has 0 saturated carbocycles. The highest BCUT2D eigenvalue weighted by Crippen LogP contribution is 2.26. The maximum absolute atomic E-state index is 11.9. The van der Waals surface area contributed by atoms with Crippen LogP contribution in [0.15, 0.2) is 48.5 Å². The molecule has 23 heavy (non-hydrogen) atoms. The van der Waals surface area contributed by atoms with Crippen LogP contribution < -0.4 is 10.1 Å². The first-order valence-corrected chi connectivity index (χ1v) is 7.11. The molecule has 1 N–H and O–H groups in total. The summed E-state index contributed by atoms with van der Waals surface area (Å²) in [6, 6.07) is 11.5. The van der Waals surface area contributed by atoms with Crippen molar-refractivity contribution in [2.45, 2.75) is 6.42 Å². The molecule has 0 radical (unpaired) electrons. The predicted molar refractivity (Wildman–Crippen MR) is 86.4 cm³/mol. The molecule has 3 rings (SSSR count). The van der Waals surface area contributed by atoms with Gasteiger partial charge in [0.25, 0.3) is 5.69 Å². The molecule has 6 nitrogen and oxygen atoms in total. The quantitative estimate of drug-likeness (QED) is 0.534. The average Bonchev–Trinajstić information content (AvgIpc) is 3.01. The SMILES string of the molecule is O=C(/C=C/c1ccc2c(c1)CCO2)Nc1ccc([N+](=O)[O-])cc1. The zero-order valence-electron chi connectivity index (χ0n) is 12.2. The Kier molecular flexibility index (Phi) is 4.05. The lowest BCUT2D eigenvalue weighted by atomic mass is 10.1. The molecule has 0 atom stereocenters. The van der Waals surface area contributed by atoms with Crippen molar-refractivity contribution in [3.05, 3.63) is 69.8 Å². The van der Waals surface area contributed by atoms with Crippen LogP contribution in [-0.4, -0.2) is 17.4 Å². The van der Waals surface area contributed by atoms with E-state index in [1.807, 2.05) is 18.2 Å². The normalized spacial score (nSPS) is 12.7. The summed E-state index contributed by atoms with van der Waals surface area (Å²) in [5, 5.41) is 13.2. The number of hydrogen-bond donors (Lipinski definition) is 1. The minimum Gasteiger partial charge on any atom is -0.493 e. The summed E-state index contributed by atoms with van der Waals surface area (Å²) in [7, 11) is 0. The molecule has 0 aromatic heterocycles. The number of benzene rings is 2. The van der Waals surface area contributed by atoms with Gasteiger partial charge >= 0.3 is 0 Å². The minimum absolute atomic E-state index is 0.0149. The second-order valence-electron chi connectivity index (χ2n) is 5.09. The number of fused-ring (bicyclic) bond motifs is 1. The molecule has 0 saturated heterocycles. The Morgan fingerprint density at radius 3 is 2.74 bits per heavy atom. The Morgan fingerprint density at radius 2 is 2.00 bits per heavy atom. The Hall–Kier alpha value is -3.15. The van der Waals surface area contributed by atoms with E-state index in [2.05, 4.69) is 5.32 Å². The summed E-state index contributed by atoms with van der Waals surface area (Å²) in [5.41, 5.74) is 2.56. The van der Waals surface area contributed by atoms with Gasteiger partial charge in [-0.1, -0.05) is 6.07 Å². The number of nitrogens with zero attached hydrogens (tertiary/aromatic N) is 1. The van der Waals surface area contributed by atoms with Crippen molar-refractivity contribution < 1.29 is 14.5 Å². The van der Waals surface area contributed by atoms with Crippen LogP contribution in [0.4, 0.5) is 11.4 Å². The van der Waals surface area contributed by atoms with Crippen LogP contribution in [0.25, 0.3) is 6.08 Å². The van der Waals surface area contributed by atoms with Gasteiger partial charge in [-0.25, -0.2) is 0 Å². The number of ether oxygens (including phenoxy) is 1. The first kappa shape index (κ1) is 14.8. The van der Waals surface area contributed by atoms with Crippen molar-refractivity contribution in [3.8, 4) is 5.75 Å². The summed E-state index contributed by atoms with van der Waals surface area (Å²) < 4.78 is 5.43. The molecule has 1 aliphatic heterocycles. The standard InChI is InChI=1S/C17H14N2O4/c20-17(18-14-3-5-15(6-4-14)19(21)22)8-2-12-1-7-16-13(11-12)9-10-23-16/h1-8,11H,9-10H2,(H,18,20)/b8-2+. The zero-order chi connectivity index (χ0) is 16.2. The van der Waals surface area contributed by atoms with E-state index in [0.29, 0.717) is 12.3 Å². The van der Waals surface area contributed by atoms with Gasteiger partial charge in [-0.2, -0.15) is 0 Å². The van der Waals surface area contributed by atoms with E-state index in [1.54, 1.807) is 6.08 Å². The van der Waals surface area contributed by atoms with E-state index < -0.39 is 4.92 Å². The zero-order valence-corrected chi connectivity index (χ0v) is 12.2. The van der Waals surface area contributed by atoms with Gasteiger partial charge in [0.2, 0.25) is 5.91 Å². The molecule has 0 aliphatic carbocycles. The molecule has 1 heterocycles. The molecule has 1 aliphatic rings. The first-order chi connectivity index (χ1) is 11.1. The third-order valence-electron chi connectivity index (χ3n) is 3.49. The maximum Gasteiger partial charge on any atom is 0.269 e. The van der Waals surface area contributed by atoms with Gasteiger partial charge in [0, 0.05) is 30.3 Å². The van der Waals surface area contributed by atoms with Crippen molar-refractivity contribution in [2.24, 2.45) is 0 Å². The minimum atomic E-state index is -0.483. The fraction of sp³-hybridized carbons (Fsp3) is 0.118. The average molecular weight is 310 g/mol. The number of non-ortho nitro benzene ring substituents is 1. The fourth-order valence-electron chi connectivity index (χ4n) is 2.33. The lowest BCUT2D eigenvalue weighted by Gasteiger charge is -2.02. The molecule has 6 heteroatoms. The van der Waals surface area contributed by atoms with Crippen LogP contribution in [-0.2, 0) is 11.2 Å². The van der Waals surface area contributed by atoms with Crippen LogP contribution in [0.5, 0.6) is 5.75 Å². The van der Waals surface area contributed by atoms with E-state index in [4.69, 9.17) is 4.74 Å². The van der Waals surface area contributed by atoms with E-state index in [-0.39, 0.29) is 11.6 Å². The highest BCUT2D eigenvalue weighted by atomic mass is 16.6. The summed E-state index contributed by atoms with van der Waals surface area (Å²) in [4.78, 5) is 22.0. The first-order valence-electron chi connectivity index (χ1n) is 7.11. The summed E-state index contributed by atoms with van der Waals surface area (Å²) in [6.45, 7) is 0.698. The molecule has 2 aromatic carbocycles. The number of anilines is 1. The van der Waals surface area contributed by atoms with Gasteiger partial charge in [-0.15, -0.1) is 0 Å². The van der Waals surface area contributed by atoms with Gasteiger partial charge in [-0.3, -0.25) is 14.9 Å². The second-order valence-corrected chi connectivity index (χ2v) is 5.09. The van der Waals surface area contributed by atoms with Crippen molar-refractivity contribution >= 4 is 23.4 Å². The number of nitro benzene ring substituents is 1. The van der Waals surface area contributed by atoms with E-state index in [1.165, 1.54) is 30.3 Å². The Bertz CT molecular complexity index is 782. The van der Waals surface area contributed by atoms with Crippen molar-refractivity contribution in [2.75, 3.05) is 11.9 Å². The number of rotatable bonds is 4. The smallest absolute Gasteiger partial charge is 0.269 e. The van der Waals surface area contributed by atoms with Gasteiger partial charge < -0.3 is 10.1 Å². The molecule has 1 amide bonds. The predicted octanol–water partition coefficient (Wildman–Crippen LogP) is 3.18. The third-order valence-corrected chi connectivity index (χ3v) is 3.49. The van der Waals surface area contributed by atoms with Crippen LogP contribution in [0.3, 0.4) is 0 Å². The number of hydrogen-bond acceptors (Lipinski definition) is 4. The van der Waals surface area contributed by atoms with Crippen molar-refractivity contribution in [1.29, 1.82) is 0 Å².